The number of carbonyl (C=O) groups is 1. The number of pyridine rings is 2. The Morgan fingerprint density at radius 1 is 1.16 bits per heavy atom. The molecule has 1 saturated carbocycles. The first kappa shape index (κ1) is 29.8. The molecule has 11 nitrogen and oxygen atoms in total. The summed E-state index contributed by atoms with van der Waals surface area (Å²) in [4.78, 5) is 24.7. The molecule has 5 heterocycles. The van der Waals surface area contributed by atoms with Crippen LogP contribution in [-0.2, 0) is 17.9 Å². The lowest BCUT2D eigenvalue weighted by atomic mass is 10.1. The monoisotopic (exact) mass is 625 g/mol. The number of alkyl halides is 5. The molecule has 1 aliphatic carbocycles. The van der Waals surface area contributed by atoms with Gasteiger partial charge in [0.15, 0.2) is 17.2 Å². The first-order chi connectivity index (χ1) is 21.0. The van der Waals surface area contributed by atoms with Gasteiger partial charge in [-0.2, -0.15) is 22.0 Å². The molecule has 2 fully saturated rings. The van der Waals surface area contributed by atoms with Crippen LogP contribution < -0.4 is 25.9 Å². The standard InChI is InChI=1S/C27H29F6N9O2/c28-23-19(34-4-3-22(23)44-26(29)30)10-35-25(43)20-14-42(38-37-20)13-18-12-41-11-17(16-1-2-16)9-21(24(41)36-18)40-7-5-39(6-8-40)15-27(31,32)33/h3-4,9,11-12,14,16,26,37-38H,1-2,5-8,10,13,15H2,(H,35,43). The number of aromatic nitrogens is 3. The highest BCUT2D eigenvalue weighted by Crippen LogP contribution is 2.42. The van der Waals surface area contributed by atoms with Crippen molar-refractivity contribution in [3.05, 3.63) is 65.4 Å². The predicted octanol–water partition coefficient (Wildman–Crippen LogP) is 3.01. The number of piperazine rings is 1. The molecular weight excluding hydrogens is 596 g/mol. The van der Waals surface area contributed by atoms with Crippen LogP contribution in [0, 0.1) is 5.82 Å². The highest BCUT2D eigenvalue weighted by Gasteiger charge is 2.33. The number of halogens is 6. The van der Waals surface area contributed by atoms with E-state index in [1.807, 2.05) is 16.8 Å². The van der Waals surface area contributed by atoms with E-state index >= 15 is 0 Å². The average molecular weight is 626 g/mol. The molecule has 3 aromatic rings. The van der Waals surface area contributed by atoms with Crippen molar-refractivity contribution in [2.24, 2.45) is 0 Å². The van der Waals surface area contributed by atoms with Gasteiger partial charge >= 0.3 is 12.8 Å². The van der Waals surface area contributed by atoms with E-state index in [-0.39, 0.29) is 24.5 Å². The van der Waals surface area contributed by atoms with Crippen molar-refractivity contribution in [2.45, 2.75) is 44.6 Å². The molecule has 2 aliphatic heterocycles. The van der Waals surface area contributed by atoms with Gasteiger partial charge in [0.05, 0.1) is 36.7 Å². The molecule has 1 saturated heterocycles. The van der Waals surface area contributed by atoms with Gasteiger partial charge in [0.2, 0.25) is 0 Å². The van der Waals surface area contributed by atoms with Gasteiger partial charge in [0.25, 0.3) is 5.91 Å². The van der Waals surface area contributed by atoms with E-state index in [2.05, 4.69) is 37.0 Å². The van der Waals surface area contributed by atoms with Crippen LogP contribution in [0.15, 0.2) is 42.6 Å². The number of hydrazine groups is 2. The van der Waals surface area contributed by atoms with E-state index in [0.29, 0.717) is 43.4 Å². The third-order valence-corrected chi connectivity index (χ3v) is 7.52. The molecule has 3 aromatic heterocycles. The summed E-state index contributed by atoms with van der Waals surface area (Å²) in [5.74, 6) is -1.92. The first-order valence-electron chi connectivity index (χ1n) is 13.9. The van der Waals surface area contributed by atoms with Crippen LogP contribution >= 0.6 is 0 Å². The Kier molecular flexibility index (Phi) is 8.15. The van der Waals surface area contributed by atoms with E-state index < -0.39 is 36.8 Å². The summed E-state index contributed by atoms with van der Waals surface area (Å²) in [6.45, 7) is -2.76. The number of imidazole rings is 1. The SMILES string of the molecule is O=C(NCc1nccc(OC(F)F)c1F)C1=CN(Cc2cn3cc(C4CC4)cc(N4CCN(CC(F)(F)F)CC4)c3n2)NN1. The van der Waals surface area contributed by atoms with Crippen LogP contribution in [0.1, 0.15) is 35.7 Å². The largest absolute Gasteiger partial charge is 0.432 e. The minimum absolute atomic E-state index is 0.114. The number of fused-ring (bicyclic) bond motifs is 1. The lowest BCUT2D eigenvalue weighted by Crippen LogP contribution is -2.49. The molecule has 0 spiro atoms. The number of amides is 1. The molecule has 3 N–H and O–H groups in total. The summed E-state index contributed by atoms with van der Waals surface area (Å²) in [5.41, 5.74) is 8.80. The van der Waals surface area contributed by atoms with E-state index in [4.69, 9.17) is 4.98 Å². The van der Waals surface area contributed by atoms with Crippen LogP contribution in [0.4, 0.5) is 32.0 Å². The number of nitrogens with zero attached hydrogens (tertiary/aromatic N) is 6. The maximum absolute atomic E-state index is 14.4. The second kappa shape index (κ2) is 12.0. The van der Waals surface area contributed by atoms with Crippen LogP contribution in [0.5, 0.6) is 5.75 Å². The Morgan fingerprint density at radius 2 is 1.93 bits per heavy atom. The molecule has 6 rings (SSSR count). The van der Waals surface area contributed by atoms with Crippen molar-refractivity contribution in [1.29, 1.82) is 0 Å². The molecule has 44 heavy (non-hydrogen) atoms. The number of hydrogen-bond acceptors (Lipinski definition) is 9. The van der Waals surface area contributed by atoms with Crippen molar-refractivity contribution < 1.29 is 35.9 Å². The van der Waals surface area contributed by atoms with Crippen molar-refractivity contribution in [2.75, 3.05) is 37.6 Å². The Bertz CT molecular complexity index is 1550. The van der Waals surface area contributed by atoms with E-state index in [0.717, 1.165) is 36.4 Å². The van der Waals surface area contributed by atoms with Crippen LogP contribution in [0.3, 0.4) is 0 Å². The smallest absolute Gasteiger partial charge is 0.401 e. The van der Waals surface area contributed by atoms with Crippen LogP contribution in [0.2, 0.25) is 0 Å². The van der Waals surface area contributed by atoms with Crippen molar-refractivity contribution in [1.82, 2.24) is 40.6 Å². The second-order valence-electron chi connectivity index (χ2n) is 10.8. The zero-order valence-corrected chi connectivity index (χ0v) is 23.3. The molecule has 0 unspecified atom stereocenters. The summed E-state index contributed by atoms with van der Waals surface area (Å²) >= 11 is 0. The summed E-state index contributed by atoms with van der Waals surface area (Å²) in [7, 11) is 0. The zero-order chi connectivity index (χ0) is 31.0. The normalized spacial score (nSPS) is 17.8. The van der Waals surface area contributed by atoms with E-state index in [9.17, 15) is 31.1 Å². The van der Waals surface area contributed by atoms with Gasteiger partial charge in [-0.1, -0.05) is 0 Å². The third-order valence-electron chi connectivity index (χ3n) is 7.52. The second-order valence-corrected chi connectivity index (χ2v) is 10.8. The zero-order valence-electron chi connectivity index (χ0n) is 23.3. The third kappa shape index (κ3) is 6.93. The van der Waals surface area contributed by atoms with Gasteiger partial charge in [-0.3, -0.25) is 25.1 Å². The molecule has 3 aliphatic rings. The first-order valence-corrected chi connectivity index (χ1v) is 13.9. The van der Waals surface area contributed by atoms with Crippen molar-refractivity contribution >= 4 is 17.2 Å². The minimum Gasteiger partial charge on any atom is -0.432 e. The Labute approximate surface area is 247 Å². The van der Waals surface area contributed by atoms with E-state index in [1.54, 1.807) is 5.01 Å². The Morgan fingerprint density at radius 3 is 2.64 bits per heavy atom. The fourth-order valence-corrected chi connectivity index (χ4v) is 5.27. The number of carbonyl (C=O) groups excluding carboxylic acids is 1. The lowest BCUT2D eigenvalue weighted by molar-refractivity contribution is -0.146. The lowest BCUT2D eigenvalue weighted by Gasteiger charge is -2.36. The maximum atomic E-state index is 14.4. The Balaban J connectivity index is 1.12. The van der Waals surface area contributed by atoms with Crippen LogP contribution in [0.25, 0.3) is 5.65 Å². The highest BCUT2D eigenvalue weighted by molar-refractivity contribution is 5.92. The van der Waals surface area contributed by atoms with Gasteiger partial charge in [-0.25, -0.2) is 9.37 Å². The molecule has 0 aromatic carbocycles. The van der Waals surface area contributed by atoms with Gasteiger partial charge in [0, 0.05) is 57.0 Å². The number of rotatable bonds is 10. The summed E-state index contributed by atoms with van der Waals surface area (Å²) in [5, 5.41) is 4.06. The summed E-state index contributed by atoms with van der Waals surface area (Å²) < 4.78 is 84.0. The molecule has 17 heteroatoms. The molecule has 0 radical (unpaired) electrons. The van der Waals surface area contributed by atoms with Crippen molar-refractivity contribution in [3.8, 4) is 5.75 Å². The van der Waals surface area contributed by atoms with E-state index in [1.165, 1.54) is 11.1 Å². The van der Waals surface area contributed by atoms with Gasteiger partial charge in [-0.05, 0) is 30.4 Å². The Hall–Kier alpha value is -4.25. The predicted molar refractivity (Wildman–Crippen MR) is 144 cm³/mol. The average Bonchev–Trinajstić information content (AvgIpc) is 3.58. The molecule has 236 valence electrons. The molecule has 0 atom stereocenters. The fraction of sp³-hybridized carbons (Fsp3) is 0.444. The number of ether oxygens (including phenoxy) is 1. The number of anilines is 1. The topological polar surface area (TPSA) is 102 Å². The van der Waals surface area contributed by atoms with Crippen molar-refractivity contribution in [3.63, 3.8) is 0 Å². The quantitative estimate of drug-likeness (QED) is 0.294. The maximum Gasteiger partial charge on any atom is 0.401 e. The number of hydrogen-bond donors (Lipinski definition) is 3. The highest BCUT2D eigenvalue weighted by atomic mass is 19.4. The van der Waals surface area contributed by atoms with Gasteiger partial charge in [0.1, 0.15) is 5.70 Å². The summed E-state index contributed by atoms with van der Waals surface area (Å²) in [6.07, 6.45) is 4.44. The van der Waals surface area contributed by atoms with Crippen LogP contribution in [-0.4, -0.2) is 75.7 Å². The van der Waals surface area contributed by atoms with Gasteiger partial charge < -0.3 is 19.4 Å². The molecule has 1 amide bonds. The molecular formula is C27H29F6N9O2. The minimum atomic E-state index is -4.23. The molecule has 0 bridgehead atoms. The van der Waals surface area contributed by atoms with Gasteiger partial charge in [-0.15, -0.1) is 5.53 Å². The fourth-order valence-electron chi connectivity index (χ4n) is 5.27. The summed E-state index contributed by atoms with van der Waals surface area (Å²) in [6, 6.07) is 3.05. The number of nitrogens with one attached hydrogen (secondary N) is 3.